The molecule has 0 fully saturated rings. The zero-order valence-corrected chi connectivity index (χ0v) is 10.5. The Labute approximate surface area is 100 Å². The van der Waals surface area contributed by atoms with E-state index in [0.29, 0.717) is 10.6 Å². The largest absolute Gasteiger partial charge is 0.478 e. The molecule has 0 aromatic carbocycles. The van der Waals surface area contributed by atoms with Gasteiger partial charge in [-0.05, 0) is 30.7 Å². The van der Waals surface area contributed by atoms with Crippen LogP contribution in [0, 0.1) is 6.92 Å². The Balaban J connectivity index is 2.71. The minimum absolute atomic E-state index is 0.351. The van der Waals surface area contributed by atoms with Gasteiger partial charge in [-0.1, -0.05) is 19.8 Å². The first kappa shape index (κ1) is 13.0. The van der Waals surface area contributed by atoms with Gasteiger partial charge < -0.3 is 5.11 Å². The monoisotopic (exact) mass is 239 g/mol. The Bertz CT molecular complexity index is 366. The molecule has 0 spiro atoms. The number of thioether (sulfide) groups is 1. The van der Waals surface area contributed by atoms with Crippen molar-refractivity contribution in [1.82, 2.24) is 4.98 Å². The van der Waals surface area contributed by atoms with Crippen molar-refractivity contribution in [2.75, 3.05) is 5.75 Å². The van der Waals surface area contributed by atoms with Gasteiger partial charge in [-0.3, -0.25) is 0 Å². The summed E-state index contributed by atoms with van der Waals surface area (Å²) in [6.45, 7) is 3.96. The van der Waals surface area contributed by atoms with E-state index in [1.807, 2.05) is 0 Å². The molecule has 0 unspecified atom stereocenters. The lowest BCUT2D eigenvalue weighted by molar-refractivity contribution is 0.0691. The van der Waals surface area contributed by atoms with Gasteiger partial charge in [0.05, 0.1) is 5.56 Å². The van der Waals surface area contributed by atoms with Crippen molar-refractivity contribution in [3.05, 3.63) is 23.4 Å². The van der Waals surface area contributed by atoms with Gasteiger partial charge in [-0.25, -0.2) is 9.78 Å². The molecule has 0 saturated carbocycles. The standard InChI is InChI=1S/C12H17NO2S/c1-3-4-5-8-16-11-10(12(14)15)9(2)6-7-13-11/h6-7H,3-5,8H2,1-2H3,(H,14,15). The Morgan fingerprint density at radius 3 is 2.88 bits per heavy atom. The van der Waals surface area contributed by atoms with E-state index in [9.17, 15) is 4.79 Å². The molecule has 1 N–H and O–H groups in total. The molecule has 1 heterocycles. The van der Waals surface area contributed by atoms with E-state index in [-0.39, 0.29) is 0 Å². The molecule has 16 heavy (non-hydrogen) atoms. The molecule has 0 saturated heterocycles. The van der Waals surface area contributed by atoms with E-state index in [0.717, 1.165) is 17.7 Å². The third-order valence-corrected chi connectivity index (χ3v) is 3.40. The van der Waals surface area contributed by atoms with Gasteiger partial charge in [0.25, 0.3) is 0 Å². The van der Waals surface area contributed by atoms with Crippen LogP contribution in [0.15, 0.2) is 17.3 Å². The average Bonchev–Trinajstić information content (AvgIpc) is 2.24. The number of unbranched alkanes of at least 4 members (excludes halogenated alkanes) is 2. The third-order valence-electron chi connectivity index (χ3n) is 2.33. The summed E-state index contributed by atoms with van der Waals surface area (Å²) in [7, 11) is 0. The summed E-state index contributed by atoms with van der Waals surface area (Å²) in [6, 6.07) is 1.74. The molecule has 0 bridgehead atoms. The number of aromatic nitrogens is 1. The maximum absolute atomic E-state index is 11.1. The van der Waals surface area contributed by atoms with E-state index in [2.05, 4.69) is 11.9 Å². The van der Waals surface area contributed by atoms with E-state index in [1.165, 1.54) is 24.6 Å². The van der Waals surface area contributed by atoms with Crippen LogP contribution in [0.3, 0.4) is 0 Å². The molecule has 88 valence electrons. The number of rotatable bonds is 6. The number of carboxylic acids is 1. The Hall–Kier alpha value is -1.03. The van der Waals surface area contributed by atoms with Crippen molar-refractivity contribution >= 4 is 17.7 Å². The number of hydrogen-bond acceptors (Lipinski definition) is 3. The van der Waals surface area contributed by atoms with Gasteiger partial charge in [0, 0.05) is 6.20 Å². The van der Waals surface area contributed by atoms with E-state index in [4.69, 9.17) is 5.11 Å². The number of hydrogen-bond donors (Lipinski definition) is 1. The Morgan fingerprint density at radius 1 is 1.50 bits per heavy atom. The molecule has 1 aromatic heterocycles. The highest BCUT2D eigenvalue weighted by Crippen LogP contribution is 2.23. The minimum Gasteiger partial charge on any atom is -0.478 e. The van der Waals surface area contributed by atoms with Crippen molar-refractivity contribution in [1.29, 1.82) is 0 Å². The number of carbonyl (C=O) groups is 1. The smallest absolute Gasteiger partial charge is 0.338 e. The molecule has 1 aromatic rings. The maximum Gasteiger partial charge on any atom is 0.338 e. The van der Waals surface area contributed by atoms with Crippen molar-refractivity contribution in [2.45, 2.75) is 38.1 Å². The number of aromatic carboxylic acids is 1. The molecular formula is C12H17NO2S. The molecule has 1 rings (SSSR count). The van der Waals surface area contributed by atoms with Crippen molar-refractivity contribution in [2.24, 2.45) is 0 Å². The first-order chi connectivity index (χ1) is 7.66. The second-order valence-corrected chi connectivity index (χ2v) is 4.75. The van der Waals surface area contributed by atoms with Gasteiger partial charge in [0.15, 0.2) is 0 Å². The van der Waals surface area contributed by atoms with Crippen molar-refractivity contribution in [3.63, 3.8) is 0 Å². The predicted octanol–water partition coefficient (Wildman–Crippen LogP) is 3.37. The van der Waals surface area contributed by atoms with E-state index >= 15 is 0 Å². The molecule has 0 radical (unpaired) electrons. The fraction of sp³-hybridized carbons (Fsp3) is 0.500. The Morgan fingerprint density at radius 2 is 2.25 bits per heavy atom. The molecule has 0 aliphatic rings. The van der Waals surface area contributed by atoms with Gasteiger partial charge in [0.1, 0.15) is 5.03 Å². The van der Waals surface area contributed by atoms with Gasteiger partial charge in [-0.15, -0.1) is 11.8 Å². The fourth-order valence-electron chi connectivity index (χ4n) is 1.42. The third kappa shape index (κ3) is 3.52. The second-order valence-electron chi connectivity index (χ2n) is 3.67. The number of aryl methyl sites for hydroxylation is 1. The van der Waals surface area contributed by atoms with Crippen LogP contribution in [0.5, 0.6) is 0 Å². The van der Waals surface area contributed by atoms with Gasteiger partial charge in [0.2, 0.25) is 0 Å². The fourth-order valence-corrected chi connectivity index (χ4v) is 2.49. The van der Waals surface area contributed by atoms with Crippen LogP contribution < -0.4 is 0 Å². The van der Waals surface area contributed by atoms with Crippen LogP contribution >= 0.6 is 11.8 Å². The molecule has 3 nitrogen and oxygen atoms in total. The summed E-state index contributed by atoms with van der Waals surface area (Å²) >= 11 is 1.54. The number of carboxylic acid groups (broad SMARTS) is 1. The van der Waals surface area contributed by atoms with Crippen molar-refractivity contribution < 1.29 is 9.90 Å². The molecule has 0 aliphatic heterocycles. The summed E-state index contributed by atoms with van der Waals surface area (Å²) < 4.78 is 0. The van der Waals surface area contributed by atoms with E-state index < -0.39 is 5.97 Å². The minimum atomic E-state index is -0.886. The number of pyridine rings is 1. The molecule has 0 aliphatic carbocycles. The highest BCUT2D eigenvalue weighted by atomic mass is 32.2. The molecular weight excluding hydrogens is 222 g/mol. The first-order valence-electron chi connectivity index (χ1n) is 5.48. The molecule has 0 amide bonds. The van der Waals surface area contributed by atoms with Gasteiger partial charge >= 0.3 is 5.97 Å². The van der Waals surface area contributed by atoms with Crippen LogP contribution in [-0.2, 0) is 0 Å². The lowest BCUT2D eigenvalue weighted by atomic mass is 10.2. The predicted molar refractivity (Wildman–Crippen MR) is 66.2 cm³/mol. The van der Waals surface area contributed by atoms with Crippen LogP contribution in [-0.4, -0.2) is 21.8 Å². The van der Waals surface area contributed by atoms with Crippen LogP contribution in [0.2, 0.25) is 0 Å². The van der Waals surface area contributed by atoms with Crippen LogP contribution in [0.4, 0.5) is 0 Å². The average molecular weight is 239 g/mol. The van der Waals surface area contributed by atoms with Gasteiger partial charge in [-0.2, -0.15) is 0 Å². The SMILES string of the molecule is CCCCCSc1nccc(C)c1C(=O)O. The normalized spacial score (nSPS) is 10.4. The summed E-state index contributed by atoms with van der Waals surface area (Å²) in [6.07, 6.45) is 5.13. The second kappa shape index (κ2) is 6.53. The highest BCUT2D eigenvalue weighted by Gasteiger charge is 2.14. The summed E-state index contributed by atoms with van der Waals surface area (Å²) in [5.74, 6) is 0.0495. The topological polar surface area (TPSA) is 50.2 Å². The van der Waals surface area contributed by atoms with Crippen molar-refractivity contribution in [3.8, 4) is 0 Å². The van der Waals surface area contributed by atoms with Crippen LogP contribution in [0.25, 0.3) is 0 Å². The lowest BCUT2D eigenvalue weighted by Gasteiger charge is -2.06. The maximum atomic E-state index is 11.1. The quantitative estimate of drug-likeness (QED) is 0.611. The van der Waals surface area contributed by atoms with Crippen LogP contribution in [0.1, 0.15) is 42.1 Å². The Kier molecular flexibility index (Phi) is 5.32. The first-order valence-corrected chi connectivity index (χ1v) is 6.47. The number of nitrogens with zero attached hydrogens (tertiary/aromatic N) is 1. The molecule has 0 atom stereocenters. The van der Waals surface area contributed by atoms with E-state index in [1.54, 1.807) is 19.2 Å². The zero-order chi connectivity index (χ0) is 12.0. The summed E-state index contributed by atoms with van der Waals surface area (Å²) in [5.41, 5.74) is 1.13. The summed E-state index contributed by atoms with van der Waals surface area (Å²) in [4.78, 5) is 15.2. The lowest BCUT2D eigenvalue weighted by Crippen LogP contribution is -2.04. The highest BCUT2D eigenvalue weighted by molar-refractivity contribution is 7.99. The zero-order valence-electron chi connectivity index (χ0n) is 9.69. The molecule has 4 heteroatoms. The summed E-state index contributed by atoms with van der Waals surface area (Å²) in [5, 5.41) is 9.74.